The molecule has 0 aliphatic rings. The highest BCUT2D eigenvalue weighted by Gasteiger charge is 2.20. The second-order valence-electron chi connectivity index (χ2n) is 6.29. The summed E-state index contributed by atoms with van der Waals surface area (Å²) in [5, 5.41) is 0. The van der Waals surface area contributed by atoms with Crippen LogP contribution in [0.5, 0.6) is 5.75 Å². The fourth-order valence-corrected chi connectivity index (χ4v) is 1.91. The van der Waals surface area contributed by atoms with Crippen molar-refractivity contribution < 1.29 is 4.74 Å². The quantitative estimate of drug-likeness (QED) is 0.706. The van der Waals surface area contributed by atoms with Gasteiger partial charge in [-0.3, -0.25) is 0 Å². The van der Waals surface area contributed by atoms with E-state index in [1.165, 1.54) is 11.1 Å². The van der Waals surface area contributed by atoms with Gasteiger partial charge in [-0.05, 0) is 43.7 Å². The third-order valence-electron chi connectivity index (χ3n) is 2.73. The Labute approximate surface area is 106 Å². The monoisotopic (exact) mass is 234 g/mol. The van der Waals surface area contributed by atoms with E-state index < -0.39 is 0 Å². The lowest BCUT2D eigenvalue weighted by Crippen LogP contribution is -2.24. The Balaban J connectivity index is 3.29. The van der Waals surface area contributed by atoms with Crippen molar-refractivity contribution in [1.29, 1.82) is 0 Å². The molecule has 0 N–H and O–H groups in total. The molecule has 0 aromatic heterocycles. The van der Waals surface area contributed by atoms with E-state index in [1.54, 1.807) is 0 Å². The molecule has 17 heavy (non-hydrogen) atoms. The number of para-hydroxylation sites is 1. The molecule has 0 spiro atoms. The number of hydrogen-bond donors (Lipinski definition) is 0. The predicted molar refractivity (Wildman–Crippen MR) is 75.0 cm³/mol. The van der Waals surface area contributed by atoms with Gasteiger partial charge in [0.15, 0.2) is 0 Å². The molecule has 1 aromatic rings. The molecule has 0 radical (unpaired) electrons. The lowest BCUT2D eigenvalue weighted by molar-refractivity contribution is 0.127. The van der Waals surface area contributed by atoms with Crippen molar-refractivity contribution in [3.05, 3.63) is 29.3 Å². The fourth-order valence-electron chi connectivity index (χ4n) is 1.91. The van der Waals surface area contributed by atoms with Crippen molar-refractivity contribution in [1.82, 2.24) is 0 Å². The molecule has 0 aliphatic carbocycles. The zero-order valence-electron chi connectivity index (χ0n) is 12.3. The van der Waals surface area contributed by atoms with Crippen LogP contribution in [0, 0.1) is 0 Å². The Bertz CT molecular complexity index is 343. The molecule has 0 aliphatic heterocycles. The van der Waals surface area contributed by atoms with Gasteiger partial charge in [-0.15, -0.1) is 0 Å². The van der Waals surface area contributed by atoms with Gasteiger partial charge in [0.1, 0.15) is 11.4 Å². The fraction of sp³-hybridized carbons (Fsp3) is 0.625. The van der Waals surface area contributed by atoms with Gasteiger partial charge in [0.05, 0.1) is 0 Å². The molecule has 1 aromatic carbocycles. The SMILES string of the molecule is CC(C)c1cccc(C(C)C)c1OC(C)(C)C. The first-order valence-electron chi connectivity index (χ1n) is 6.54. The minimum Gasteiger partial charge on any atom is -0.488 e. The molecular weight excluding hydrogens is 208 g/mol. The molecule has 0 bridgehead atoms. The lowest BCUT2D eigenvalue weighted by Gasteiger charge is -2.27. The third-order valence-corrected chi connectivity index (χ3v) is 2.73. The van der Waals surface area contributed by atoms with Gasteiger partial charge >= 0.3 is 0 Å². The Morgan fingerprint density at radius 1 is 0.882 bits per heavy atom. The van der Waals surface area contributed by atoms with E-state index in [0.29, 0.717) is 11.8 Å². The average molecular weight is 234 g/mol. The van der Waals surface area contributed by atoms with E-state index in [1.807, 2.05) is 0 Å². The molecule has 0 saturated carbocycles. The van der Waals surface area contributed by atoms with Gasteiger partial charge in [-0.1, -0.05) is 45.9 Å². The molecule has 0 fully saturated rings. The number of hydrogen-bond acceptors (Lipinski definition) is 1. The zero-order chi connectivity index (χ0) is 13.2. The van der Waals surface area contributed by atoms with Crippen molar-refractivity contribution in [2.24, 2.45) is 0 Å². The maximum atomic E-state index is 6.19. The van der Waals surface area contributed by atoms with Crippen molar-refractivity contribution >= 4 is 0 Å². The maximum Gasteiger partial charge on any atom is 0.126 e. The minimum atomic E-state index is -0.144. The zero-order valence-corrected chi connectivity index (χ0v) is 12.3. The topological polar surface area (TPSA) is 9.23 Å². The number of ether oxygens (including phenoxy) is 1. The van der Waals surface area contributed by atoms with Gasteiger partial charge in [0.2, 0.25) is 0 Å². The first-order chi connectivity index (χ1) is 7.72. The first kappa shape index (κ1) is 14.1. The molecule has 0 amide bonds. The van der Waals surface area contributed by atoms with Crippen LogP contribution < -0.4 is 4.74 Å². The summed E-state index contributed by atoms with van der Waals surface area (Å²) in [6.07, 6.45) is 0. The summed E-state index contributed by atoms with van der Waals surface area (Å²) < 4.78 is 6.19. The van der Waals surface area contributed by atoms with Gasteiger partial charge in [0.25, 0.3) is 0 Å². The number of benzene rings is 1. The molecule has 0 atom stereocenters. The van der Waals surface area contributed by atoms with E-state index in [4.69, 9.17) is 4.74 Å². The normalized spacial score (nSPS) is 12.3. The van der Waals surface area contributed by atoms with Gasteiger partial charge in [-0.25, -0.2) is 0 Å². The van der Waals surface area contributed by atoms with E-state index >= 15 is 0 Å². The Morgan fingerprint density at radius 3 is 1.59 bits per heavy atom. The maximum absolute atomic E-state index is 6.19. The smallest absolute Gasteiger partial charge is 0.126 e. The molecule has 0 saturated heterocycles. The van der Waals surface area contributed by atoms with E-state index in [2.05, 4.69) is 66.7 Å². The predicted octanol–water partition coefficient (Wildman–Crippen LogP) is 5.11. The van der Waals surface area contributed by atoms with E-state index in [0.717, 1.165) is 5.75 Å². The lowest BCUT2D eigenvalue weighted by atomic mass is 9.93. The average Bonchev–Trinajstić information content (AvgIpc) is 2.14. The van der Waals surface area contributed by atoms with Crippen molar-refractivity contribution in [3.63, 3.8) is 0 Å². The molecule has 96 valence electrons. The molecule has 0 heterocycles. The Morgan fingerprint density at radius 2 is 1.29 bits per heavy atom. The van der Waals surface area contributed by atoms with Gasteiger partial charge < -0.3 is 4.74 Å². The van der Waals surface area contributed by atoms with Crippen LogP contribution in [0.2, 0.25) is 0 Å². The van der Waals surface area contributed by atoms with Crippen LogP contribution in [0.1, 0.15) is 71.4 Å². The highest BCUT2D eigenvalue weighted by atomic mass is 16.5. The standard InChI is InChI=1S/C16H26O/c1-11(2)13-9-8-10-14(12(3)4)15(13)17-16(5,6)7/h8-12H,1-7H3. The van der Waals surface area contributed by atoms with Crippen molar-refractivity contribution in [3.8, 4) is 5.75 Å². The first-order valence-corrected chi connectivity index (χ1v) is 6.54. The third kappa shape index (κ3) is 3.76. The molecular formula is C16H26O. The summed E-state index contributed by atoms with van der Waals surface area (Å²) in [5.74, 6) is 2.07. The number of rotatable bonds is 3. The Hall–Kier alpha value is -0.980. The van der Waals surface area contributed by atoms with Crippen LogP contribution >= 0.6 is 0 Å². The van der Waals surface area contributed by atoms with Crippen molar-refractivity contribution in [2.45, 2.75) is 65.9 Å². The highest BCUT2D eigenvalue weighted by Crippen LogP contribution is 2.36. The van der Waals surface area contributed by atoms with Crippen LogP contribution in [0.25, 0.3) is 0 Å². The second kappa shape index (κ2) is 5.12. The minimum absolute atomic E-state index is 0.144. The van der Waals surface area contributed by atoms with Crippen molar-refractivity contribution in [2.75, 3.05) is 0 Å². The van der Waals surface area contributed by atoms with Gasteiger partial charge in [-0.2, -0.15) is 0 Å². The molecule has 1 rings (SSSR count). The van der Waals surface area contributed by atoms with E-state index in [-0.39, 0.29) is 5.60 Å². The molecule has 0 unspecified atom stereocenters. The van der Waals surface area contributed by atoms with Crippen LogP contribution in [-0.2, 0) is 0 Å². The summed E-state index contributed by atoms with van der Waals surface area (Å²) in [6, 6.07) is 6.50. The summed E-state index contributed by atoms with van der Waals surface area (Å²) in [6.45, 7) is 15.2. The largest absolute Gasteiger partial charge is 0.488 e. The molecule has 1 nitrogen and oxygen atoms in total. The van der Waals surface area contributed by atoms with Gasteiger partial charge in [0, 0.05) is 0 Å². The summed E-state index contributed by atoms with van der Waals surface area (Å²) in [5.41, 5.74) is 2.48. The highest BCUT2D eigenvalue weighted by molar-refractivity contribution is 5.45. The summed E-state index contributed by atoms with van der Waals surface area (Å²) >= 11 is 0. The van der Waals surface area contributed by atoms with Crippen LogP contribution in [-0.4, -0.2) is 5.60 Å². The summed E-state index contributed by atoms with van der Waals surface area (Å²) in [7, 11) is 0. The second-order valence-corrected chi connectivity index (χ2v) is 6.29. The van der Waals surface area contributed by atoms with Crippen LogP contribution in [0.15, 0.2) is 18.2 Å². The Kier molecular flexibility index (Phi) is 4.24. The molecule has 1 heteroatoms. The summed E-state index contributed by atoms with van der Waals surface area (Å²) in [4.78, 5) is 0. The van der Waals surface area contributed by atoms with E-state index in [9.17, 15) is 0 Å². The van der Waals surface area contributed by atoms with Crippen LogP contribution in [0.4, 0.5) is 0 Å². The van der Waals surface area contributed by atoms with Crippen LogP contribution in [0.3, 0.4) is 0 Å².